The van der Waals surface area contributed by atoms with Gasteiger partial charge in [0.25, 0.3) is 0 Å². The average molecular weight is 203 g/mol. The molecule has 0 bridgehead atoms. The predicted octanol–water partition coefficient (Wildman–Crippen LogP) is 2.66. The van der Waals surface area contributed by atoms with Gasteiger partial charge >= 0.3 is 0 Å². The fourth-order valence-electron chi connectivity index (χ4n) is 2.19. The van der Waals surface area contributed by atoms with Crippen LogP contribution in [0.3, 0.4) is 0 Å². The molecule has 0 radical (unpaired) electrons. The lowest BCUT2D eigenvalue weighted by Crippen LogP contribution is -2.43. The summed E-state index contributed by atoms with van der Waals surface area (Å²) in [5.41, 5.74) is 1.35. The molecule has 1 N–H and O–H groups in total. The third kappa shape index (κ3) is 2.04. The quantitative estimate of drug-likeness (QED) is 0.747. The maximum atomic E-state index is 11.4. The molecule has 1 heterocycles. The molecular weight excluding hydrogens is 186 g/mol. The van der Waals surface area contributed by atoms with Crippen molar-refractivity contribution in [1.82, 2.24) is 5.32 Å². The van der Waals surface area contributed by atoms with Crippen LogP contribution in [0.4, 0.5) is 0 Å². The molecule has 0 aromatic heterocycles. The molecule has 80 valence electrons. The van der Waals surface area contributed by atoms with Gasteiger partial charge in [-0.25, -0.2) is 0 Å². The summed E-state index contributed by atoms with van der Waals surface area (Å²) in [6.45, 7) is 4.42. The fourth-order valence-corrected chi connectivity index (χ4v) is 2.19. The zero-order chi connectivity index (χ0) is 10.9. The lowest BCUT2D eigenvalue weighted by Gasteiger charge is -2.39. The van der Waals surface area contributed by atoms with Gasteiger partial charge in [0, 0.05) is 6.42 Å². The van der Waals surface area contributed by atoms with Crippen molar-refractivity contribution in [3.05, 3.63) is 35.9 Å². The summed E-state index contributed by atoms with van der Waals surface area (Å²) in [6.07, 6.45) is 1.61. The second kappa shape index (κ2) is 3.69. The molecule has 1 atom stereocenters. The van der Waals surface area contributed by atoms with Gasteiger partial charge < -0.3 is 5.32 Å². The minimum Gasteiger partial charge on any atom is -0.349 e. The SMILES string of the molecule is CC1(C)CCC(=O)N[C@@H]1c1ccccc1. The summed E-state index contributed by atoms with van der Waals surface area (Å²) >= 11 is 0. The zero-order valence-electron chi connectivity index (χ0n) is 9.29. The topological polar surface area (TPSA) is 29.1 Å². The van der Waals surface area contributed by atoms with Crippen molar-refractivity contribution in [2.75, 3.05) is 0 Å². The third-order valence-electron chi connectivity index (χ3n) is 3.22. The molecule has 2 heteroatoms. The van der Waals surface area contributed by atoms with Gasteiger partial charge in [0.15, 0.2) is 0 Å². The second-order valence-corrected chi connectivity index (χ2v) is 4.90. The maximum Gasteiger partial charge on any atom is 0.220 e. The van der Waals surface area contributed by atoms with E-state index in [9.17, 15) is 4.79 Å². The Morgan fingerprint density at radius 2 is 1.93 bits per heavy atom. The number of benzene rings is 1. The van der Waals surface area contributed by atoms with E-state index in [4.69, 9.17) is 0 Å². The van der Waals surface area contributed by atoms with E-state index in [2.05, 4.69) is 31.3 Å². The van der Waals surface area contributed by atoms with E-state index in [1.807, 2.05) is 18.2 Å². The Hall–Kier alpha value is -1.31. The van der Waals surface area contributed by atoms with Crippen LogP contribution in [0, 0.1) is 5.41 Å². The molecule has 0 unspecified atom stereocenters. The Morgan fingerprint density at radius 1 is 1.27 bits per heavy atom. The number of hydrogen-bond donors (Lipinski definition) is 1. The first-order valence-corrected chi connectivity index (χ1v) is 5.44. The second-order valence-electron chi connectivity index (χ2n) is 4.90. The van der Waals surface area contributed by atoms with E-state index in [0.717, 1.165) is 6.42 Å². The van der Waals surface area contributed by atoms with Gasteiger partial charge in [-0.15, -0.1) is 0 Å². The molecule has 1 aliphatic heterocycles. The minimum absolute atomic E-state index is 0.148. The van der Waals surface area contributed by atoms with Crippen LogP contribution in [0.5, 0.6) is 0 Å². The van der Waals surface area contributed by atoms with Crippen molar-refractivity contribution in [2.45, 2.75) is 32.7 Å². The highest BCUT2D eigenvalue weighted by Gasteiger charge is 2.35. The highest BCUT2D eigenvalue weighted by Crippen LogP contribution is 2.40. The highest BCUT2D eigenvalue weighted by molar-refractivity contribution is 5.77. The van der Waals surface area contributed by atoms with Gasteiger partial charge in [0.05, 0.1) is 6.04 Å². The van der Waals surface area contributed by atoms with Gasteiger partial charge in [-0.1, -0.05) is 44.2 Å². The van der Waals surface area contributed by atoms with Gasteiger partial charge in [0.2, 0.25) is 5.91 Å². The highest BCUT2D eigenvalue weighted by atomic mass is 16.1. The standard InChI is InChI=1S/C13H17NO/c1-13(2)9-8-11(15)14-12(13)10-6-4-3-5-7-10/h3-7,12H,8-9H2,1-2H3,(H,14,15)/t12-/m1/s1. The van der Waals surface area contributed by atoms with Crippen LogP contribution in [-0.2, 0) is 4.79 Å². The predicted molar refractivity (Wildman–Crippen MR) is 60.3 cm³/mol. The van der Waals surface area contributed by atoms with E-state index in [-0.39, 0.29) is 17.4 Å². The Balaban J connectivity index is 2.29. The minimum atomic E-state index is 0.148. The summed E-state index contributed by atoms with van der Waals surface area (Å²) in [7, 11) is 0. The zero-order valence-corrected chi connectivity index (χ0v) is 9.29. The number of rotatable bonds is 1. The van der Waals surface area contributed by atoms with E-state index in [1.54, 1.807) is 0 Å². The number of amides is 1. The van der Waals surface area contributed by atoms with Crippen LogP contribution in [0.2, 0.25) is 0 Å². The number of carbonyl (C=O) groups is 1. The summed E-state index contributed by atoms with van der Waals surface area (Å²) in [5.74, 6) is 0.170. The maximum absolute atomic E-state index is 11.4. The number of nitrogens with one attached hydrogen (secondary N) is 1. The molecule has 1 saturated heterocycles. The van der Waals surface area contributed by atoms with E-state index < -0.39 is 0 Å². The monoisotopic (exact) mass is 203 g/mol. The first-order chi connectivity index (χ1) is 7.09. The van der Waals surface area contributed by atoms with Gasteiger partial charge in [0.1, 0.15) is 0 Å². The van der Waals surface area contributed by atoms with Crippen molar-refractivity contribution < 1.29 is 4.79 Å². The summed E-state index contributed by atoms with van der Waals surface area (Å²) < 4.78 is 0. The number of carbonyl (C=O) groups excluding carboxylic acids is 1. The summed E-state index contributed by atoms with van der Waals surface area (Å²) in [4.78, 5) is 11.4. The third-order valence-corrected chi connectivity index (χ3v) is 3.22. The number of hydrogen-bond acceptors (Lipinski definition) is 1. The van der Waals surface area contributed by atoms with Gasteiger partial charge in [-0.05, 0) is 17.4 Å². The van der Waals surface area contributed by atoms with Crippen molar-refractivity contribution in [3.8, 4) is 0 Å². The molecule has 1 amide bonds. The van der Waals surface area contributed by atoms with Crippen molar-refractivity contribution in [3.63, 3.8) is 0 Å². The molecule has 15 heavy (non-hydrogen) atoms. The van der Waals surface area contributed by atoms with E-state index in [1.165, 1.54) is 5.56 Å². The lowest BCUT2D eigenvalue weighted by molar-refractivity contribution is -0.126. The largest absolute Gasteiger partial charge is 0.349 e. The Kier molecular flexibility index (Phi) is 2.51. The number of piperidine rings is 1. The summed E-state index contributed by atoms with van der Waals surface area (Å²) in [6, 6.07) is 10.4. The molecule has 2 nitrogen and oxygen atoms in total. The normalized spacial score (nSPS) is 24.7. The molecule has 1 aliphatic rings. The van der Waals surface area contributed by atoms with Crippen molar-refractivity contribution in [1.29, 1.82) is 0 Å². The molecule has 2 rings (SSSR count). The first-order valence-electron chi connectivity index (χ1n) is 5.44. The molecular formula is C13H17NO. The van der Waals surface area contributed by atoms with Crippen LogP contribution in [-0.4, -0.2) is 5.91 Å². The molecule has 1 fully saturated rings. The smallest absolute Gasteiger partial charge is 0.220 e. The lowest BCUT2D eigenvalue weighted by atomic mass is 9.74. The van der Waals surface area contributed by atoms with Crippen LogP contribution in [0.1, 0.15) is 38.3 Å². The molecule has 1 aromatic rings. The average Bonchev–Trinajstić information content (AvgIpc) is 2.23. The van der Waals surface area contributed by atoms with E-state index >= 15 is 0 Å². The van der Waals surface area contributed by atoms with Crippen LogP contribution in [0.15, 0.2) is 30.3 Å². The molecule has 1 aromatic carbocycles. The first kappa shape index (κ1) is 10.2. The van der Waals surface area contributed by atoms with Gasteiger partial charge in [-0.2, -0.15) is 0 Å². The van der Waals surface area contributed by atoms with E-state index in [0.29, 0.717) is 6.42 Å². The van der Waals surface area contributed by atoms with Crippen LogP contribution < -0.4 is 5.32 Å². The van der Waals surface area contributed by atoms with Crippen LogP contribution >= 0.6 is 0 Å². The van der Waals surface area contributed by atoms with Gasteiger partial charge in [-0.3, -0.25) is 4.79 Å². The Labute approximate surface area is 90.7 Å². The Morgan fingerprint density at radius 3 is 2.60 bits per heavy atom. The van der Waals surface area contributed by atoms with Crippen molar-refractivity contribution >= 4 is 5.91 Å². The van der Waals surface area contributed by atoms with Crippen LogP contribution in [0.25, 0.3) is 0 Å². The molecule has 0 aliphatic carbocycles. The molecule has 0 saturated carbocycles. The fraction of sp³-hybridized carbons (Fsp3) is 0.462. The summed E-state index contributed by atoms with van der Waals surface area (Å²) in [5, 5.41) is 3.08. The molecule has 0 spiro atoms. The van der Waals surface area contributed by atoms with Crippen molar-refractivity contribution in [2.24, 2.45) is 5.41 Å². The Bertz CT molecular complexity index is 356.